The molecule has 0 fully saturated rings. The van der Waals surface area contributed by atoms with Crippen LogP contribution in [-0.2, 0) is 16.1 Å². The lowest BCUT2D eigenvalue weighted by molar-refractivity contribution is -0.119. The fraction of sp³-hybridized carbons (Fsp3) is 0.263. The lowest BCUT2D eigenvalue weighted by Crippen LogP contribution is -2.23. The van der Waals surface area contributed by atoms with Crippen LogP contribution in [0.15, 0.2) is 48.5 Å². The average Bonchev–Trinajstić information content (AvgIpc) is 2.61. The maximum absolute atomic E-state index is 12.2. The zero-order chi connectivity index (χ0) is 18.1. The maximum atomic E-state index is 12.2. The molecule has 0 saturated carbocycles. The highest BCUT2D eigenvalue weighted by Gasteiger charge is 2.06. The topological polar surface area (TPSA) is 76.7 Å². The minimum absolute atomic E-state index is 0.00129. The molecule has 2 amide bonds. The average molecular weight is 342 g/mol. The highest BCUT2D eigenvalue weighted by molar-refractivity contribution is 5.94. The predicted molar refractivity (Wildman–Crippen MR) is 95.7 cm³/mol. The van der Waals surface area contributed by atoms with Gasteiger partial charge in [0, 0.05) is 24.9 Å². The molecule has 0 bridgehead atoms. The first-order valence-corrected chi connectivity index (χ1v) is 8.01. The van der Waals surface area contributed by atoms with Gasteiger partial charge in [-0.2, -0.15) is 0 Å². The van der Waals surface area contributed by atoms with Crippen LogP contribution in [-0.4, -0.2) is 32.1 Å². The zero-order valence-corrected chi connectivity index (χ0v) is 14.4. The van der Waals surface area contributed by atoms with Crippen molar-refractivity contribution in [3.8, 4) is 5.75 Å². The van der Waals surface area contributed by atoms with E-state index < -0.39 is 0 Å². The molecule has 0 heterocycles. The molecule has 0 aliphatic rings. The van der Waals surface area contributed by atoms with Crippen LogP contribution >= 0.6 is 0 Å². The van der Waals surface area contributed by atoms with Gasteiger partial charge in [-0.05, 0) is 48.9 Å². The first-order chi connectivity index (χ1) is 12.1. The third-order valence-electron chi connectivity index (χ3n) is 3.37. The normalized spacial score (nSPS) is 10.2. The second-order valence-electron chi connectivity index (χ2n) is 5.32. The summed E-state index contributed by atoms with van der Waals surface area (Å²) >= 11 is 0. The zero-order valence-electron chi connectivity index (χ0n) is 14.4. The van der Waals surface area contributed by atoms with E-state index in [1.807, 2.05) is 25.1 Å². The molecule has 6 nitrogen and oxygen atoms in total. The highest BCUT2D eigenvalue weighted by Crippen LogP contribution is 2.13. The Balaban J connectivity index is 1.91. The van der Waals surface area contributed by atoms with E-state index in [1.165, 1.54) is 7.11 Å². The van der Waals surface area contributed by atoms with Crippen LogP contribution < -0.4 is 15.4 Å². The van der Waals surface area contributed by atoms with E-state index in [-0.39, 0.29) is 18.4 Å². The molecule has 2 rings (SSSR count). The summed E-state index contributed by atoms with van der Waals surface area (Å²) in [7, 11) is 1.46. The van der Waals surface area contributed by atoms with Crippen molar-refractivity contribution in [2.45, 2.75) is 13.5 Å². The highest BCUT2D eigenvalue weighted by atomic mass is 16.5. The molecule has 0 aliphatic heterocycles. The standard InChI is InChI=1S/C19H22N2O4/c1-3-25-17-9-7-15(8-10-17)19(23)20-12-14-5-4-6-16(11-14)21-18(22)13-24-2/h4-11H,3,12-13H2,1-2H3,(H,20,23)(H,21,22). The van der Waals surface area contributed by atoms with Gasteiger partial charge in [-0.1, -0.05) is 12.1 Å². The van der Waals surface area contributed by atoms with Crippen LogP contribution in [0, 0.1) is 0 Å². The van der Waals surface area contributed by atoms with Crippen molar-refractivity contribution in [2.75, 3.05) is 25.6 Å². The van der Waals surface area contributed by atoms with Gasteiger partial charge in [0.1, 0.15) is 12.4 Å². The van der Waals surface area contributed by atoms with Crippen molar-refractivity contribution in [1.82, 2.24) is 5.32 Å². The molecular formula is C19H22N2O4. The number of carbonyl (C=O) groups is 2. The van der Waals surface area contributed by atoms with Crippen molar-refractivity contribution in [1.29, 1.82) is 0 Å². The van der Waals surface area contributed by atoms with E-state index in [9.17, 15) is 9.59 Å². The van der Waals surface area contributed by atoms with E-state index in [0.29, 0.717) is 24.4 Å². The van der Waals surface area contributed by atoms with Crippen molar-refractivity contribution >= 4 is 17.5 Å². The third kappa shape index (κ3) is 5.93. The Morgan fingerprint density at radius 3 is 2.52 bits per heavy atom. The van der Waals surface area contributed by atoms with Crippen LogP contribution in [0.5, 0.6) is 5.75 Å². The van der Waals surface area contributed by atoms with Gasteiger partial charge in [0.2, 0.25) is 5.91 Å². The van der Waals surface area contributed by atoms with E-state index >= 15 is 0 Å². The molecular weight excluding hydrogens is 320 g/mol. The van der Waals surface area contributed by atoms with Gasteiger partial charge in [-0.15, -0.1) is 0 Å². The first-order valence-electron chi connectivity index (χ1n) is 8.01. The number of methoxy groups -OCH3 is 1. The molecule has 0 unspecified atom stereocenters. The minimum atomic E-state index is -0.224. The van der Waals surface area contributed by atoms with Gasteiger partial charge >= 0.3 is 0 Å². The molecule has 6 heteroatoms. The van der Waals surface area contributed by atoms with E-state index in [2.05, 4.69) is 10.6 Å². The summed E-state index contributed by atoms with van der Waals surface area (Å²) in [5, 5.41) is 5.59. The Morgan fingerprint density at radius 2 is 1.84 bits per heavy atom. The third-order valence-corrected chi connectivity index (χ3v) is 3.37. The van der Waals surface area contributed by atoms with Gasteiger partial charge in [0.15, 0.2) is 0 Å². The summed E-state index contributed by atoms with van der Waals surface area (Å²) in [4.78, 5) is 23.7. The molecule has 0 spiro atoms. The Kier molecular flexibility index (Phi) is 6.98. The number of anilines is 1. The summed E-state index contributed by atoms with van der Waals surface area (Å²) in [6, 6.07) is 14.3. The molecule has 2 N–H and O–H groups in total. The SMILES string of the molecule is CCOc1ccc(C(=O)NCc2cccc(NC(=O)COC)c2)cc1. The largest absolute Gasteiger partial charge is 0.494 e. The van der Waals surface area contributed by atoms with Crippen LogP contribution in [0.25, 0.3) is 0 Å². The Labute approximate surface area is 147 Å². The van der Waals surface area contributed by atoms with Crippen LogP contribution in [0.1, 0.15) is 22.8 Å². The molecule has 25 heavy (non-hydrogen) atoms. The molecule has 0 radical (unpaired) electrons. The van der Waals surface area contributed by atoms with E-state index in [4.69, 9.17) is 9.47 Å². The molecule has 2 aromatic carbocycles. The van der Waals surface area contributed by atoms with Crippen LogP contribution in [0.3, 0.4) is 0 Å². The molecule has 132 valence electrons. The summed E-state index contributed by atoms with van der Waals surface area (Å²) in [5.74, 6) is 0.341. The minimum Gasteiger partial charge on any atom is -0.494 e. The fourth-order valence-corrected chi connectivity index (χ4v) is 2.24. The van der Waals surface area contributed by atoms with Crippen molar-refractivity contribution in [3.63, 3.8) is 0 Å². The van der Waals surface area contributed by atoms with Gasteiger partial charge in [0.25, 0.3) is 5.91 Å². The number of hydrogen-bond donors (Lipinski definition) is 2. The summed E-state index contributed by atoms with van der Waals surface area (Å²) < 4.78 is 10.1. The van der Waals surface area contributed by atoms with Crippen LogP contribution in [0.4, 0.5) is 5.69 Å². The second kappa shape index (κ2) is 9.44. The van der Waals surface area contributed by atoms with Crippen molar-refractivity contribution in [3.05, 3.63) is 59.7 Å². The van der Waals surface area contributed by atoms with Gasteiger partial charge in [0.05, 0.1) is 6.61 Å². The fourth-order valence-electron chi connectivity index (χ4n) is 2.24. The number of carbonyl (C=O) groups excluding carboxylic acids is 2. The lowest BCUT2D eigenvalue weighted by atomic mass is 10.1. The van der Waals surface area contributed by atoms with Crippen molar-refractivity contribution in [2.24, 2.45) is 0 Å². The molecule has 0 aromatic heterocycles. The molecule has 2 aromatic rings. The number of hydrogen-bond acceptors (Lipinski definition) is 4. The number of amides is 2. The smallest absolute Gasteiger partial charge is 0.251 e. The Hall–Kier alpha value is -2.86. The van der Waals surface area contributed by atoms with Gasteiger partial charge < -0.3 is 20.1 Å². The number of nitrogens with one attached hydrogen (secondary N) is 2. The summed E-state index contributed by atoms with van der Waals surface area (Å²) in [6.07, 6.45) is 0. The Morgan fingerprint density at radius 1 is 1.08 bits per heavy atom. The van der Waals surface area contributed by atoms with E-state index in [1.54, 1.807) is 30.3 Å². The molecule has 0 saturated heterocycles. The summed E-state index contributed by atoms with van der Waals surface area (Å²) in [5.41, 5.74) is 2.11. The Bertz CT molecular complexity index is 714. The van der Waals surface area contributed by atoms with Crippen LogP contribution in [0.2, 0.25) is 0 Å². The number of rotatable bonds is 8. The second-order valence-corrected chi connectivity index (χ2v) is 5.32. The number of ether oxygens (including phenoxy) is 2. The first kappa shape index (κ1) is 18.5. The lowest BCUT2D eigenvalue weighted by Gasteiger charge is -2.09. The summed E-state index contributed by atoms with van der Waals surface area (Å²) in [6.45, 7) is 2.86. The molecule has 0 aliphatic carbocycles. The molecule has 0 atom stereocenters. The van der Waals surface area contributed by atoms with Gasteiger partial charge in [-0.25, -0.2) is 0 Å². The number of benzene rings is 2. The van der Waals surface area contributed by atoms with Crippen molar-refractivity contribution < 1.29 is 19.1 Å². The maximum Gasteiger partial charge on any atom is 0.251 e. The monoisotopic (exact) mass is 342 g/mol. The van der Waals surface area contributed by atoms with E-state index in [0.717, 1.165) is 11.3 Å². The predicted octanol–water partition coefficient (Wildman–Crippen LogP) is 2.60. The van der Waals surface area contributed by atoms with Gasteiger partial charge in [-0.3, -0.25) is 9.59 Å². The quantitative estimate of drug-likeness (QED) is 0.773.